The highest BCUT2D eigenvalue weighted by Gasteiger charge is 2.23. The number of rotatable bonds is 7. The van der Waals surface area contributed by atoms with Gasteiger partial charge in [0.2, 0.25) is 5.75 Å². The number of carbonyl (C=O) groups excluding carboxylic acids is 2. The monoisotopic (exact) mass is 455 g/mol. The summed E-state index contributed by atoms with van der Waals surface area (Å²) >= 11 is 0. The summed E-state index contributed by atoms with van der Waals surface area (Å²) in [5.41, 5.74) is 3.33. The molecule has 0 radical (unpaired) electrons. The van der Waals surface area contributed by atoms with E-state index >= 15 is 0 Å². The van der Waals surface area contributed by atoms with Crippen molar-refractivity contribution in [3.05, 3.63) is 95.7 Å². The number of aromatic nitrogens is 1. The largest absolute Gasteiger partial charge is 0.493 e. The van der Waals surface area contributed by atoms with Gasteiger partial charge in [-0.2, -0.15) is 0 Å². The van der Waals surface area contributed by atoms with E-state index in [2.05, 4.69) is 6.58 Å². The predicted octanol–water partition coefficient (Wildman–Crippen LogP) is 5.56. The second kappa shape index (κ2) is 9.27. The maximum atomic E-state index is 13.5. The van der Waals surface area contributed by atoms with Gasteiger partial charge in [0.25, 0.3) is 5.91 Å². The standard InChI is InChI=1S/C28H25NO5/c1-17-10-6-7-11-20(17)28(31)29-16-22(21-12-8-9-13-23(21)29)18(2)26(30)19-14-24(32-3)27(34-5)25(15-19)33-4/h6-16H,2H2,1,3-5H3. The van der Waals surface area contributed by atoms with Crippen molar-refractivity contribution in [2.45, 2.75) is 6.92 Å². The first kappa shape index (κ1) is 22.9. The molecule has 0 bridgehead atoms. The molecule has 6 heteroatoms. The number of nitrogens with zero attached hydrogens (tertiary/aromatic N) is 1. The zero-order chi connectivity index (χ0) is 24.4. The third kappa shape index (κ3) is 3.83. The molecule has 0 unspecified atom stereocenters. The van der Waals surface area contributed by atoms with Crippen molar-refractivity contribution >= 4 is 28.2 Å². The van der Waals surface area contributed by atoms with Gasteiger partial charge in [0.1, 0.15) is 0 Å². The second-order valence-electron chi connectivity index (χ2n) is 7.77. The first-order valence-corrected chi connectivity index (χ1v) is 10.7. The number of benzene rings is 3. The zero-order valence-corrected chi connectivity index (χ0v) is 19.5. The minimum atomic E-state index is -0.314. The molecular formula is C28H25NO5. The molecule has 0 saturated heterocycles. The molecule has 0 aliphatic heterocycles. The van der Waals surface area contributed by atoms with Gasteiger partial charge in [0.05, 0.1) is 26.8 Å². The molecule has 0 amide bonds. The van der Waals surface area contributed by atoms with Gasteiger partial charge in [-0.3, -0.25) is 14.2 Å². The Bertz CT molecular complexity index is 1410. The van der Waals surface area contributed by atoms with E-state index in [9.17, 15) is 9.59 Å². The molecule has 172 valence electrons. The number of Topliss-reactive ketones (excluding diaryl/α,β-unsaturated/α-hetero) is 1. The third-order valence-electron chi connectivity index (χ3n) is 5.83. The van der Waals surface area contributed by atoms with Crippen molar-refractivity contribution in [2.24, 2.45) is 0 Å². The summed E-state index contributed by atoms with van der Waals surface area (Å²) in [7, 11) is 4.48. The summed E-state index contributed by atoms with van der Waals surface area (Å²) in [5.74, 6) is 0.650. The van der Waals surface area contributed by atoms with Crippen LogP contribution in [-0.2, 0) is 0 Å². The van der Waals surface area contributed by atoms with E-state index < -0.39 is 0 Å². The fraction of sp³-hybridized carbons (Fsp3) is 0.143. The third-order valence-corrected chi connectivity index (χ3v) is 5.83. The van der Waals surface area contributed by atoms with Crippen molar-refractivity contribution in [1.82, 2.24) is 4.57 Å². The zero-order valence-electron chi connectivity index (χ0n) is 19.5. The van der Waals surface area contributed by atoms with Crippen LogP contribution in [0.1, 0.15) is 31.8 Å². The van der Waals surface area contributed by atoms with Crippen molar-refractivity contribution in [2.75, 3.05) is 21.3 Å². The Labute approximate surface area is 198 Å². The quantitative estimate of drug-likeness (QED) is 0.270. The lowest BCUT2D eigenvalue weighted by Gasteiger charge is -2.14. The molecule has 0 aliphatic rings. The number of carbonyl (C=O) groups is 2. The predicted molar refractivity (Wildman–Crippen MR) is 132 cm³/mol. The van der Waals surface area contributed by atoms with E-state index in [1.807, 2.05) is 49.4 Å². The molecule has 3 aromatic carbocycles. The van der Waals surface area contributed by atoms with Crippen LogP contribution in [-0.4, -0.2) is 37.6 Å². The van der Waals surface area contributed by atoms with Crippen molar-refractivity contribution in [1.29, 1.82) is 0 Å². The van der Waals surface area contributed by atoms with E-state index in [0.29, 0.717) is 39.5 Å². The highest BCUT2D eigenvalue weighted by Crippen LogP contribution is 2.39. The van der Waals surface area contributed by atoms with E-state index in [1.165, 1.54) is 21.3 Å². The van der Waals surface area contributed by atoms with Gasteiger partial charge in [-0.1, -0.05) is 43.0 Å². The smallest absolute Gasteiger partial charge is 0.262 e. The highest BCUT2D eigenvalue weighted by atomic mass is 16.5. The number of methoxy groups -OCH3 is 3. The van der Waals surface area contributed by atoms with E-state index in [0.717, 1.165) is 10.9 Å². The average molecular weight is 456 g/mol. The number of ether oxygens (including phenoxy) is 3. The molecule has 1 heterocycles. The van der Waals surface area contributed by atoms with Crippen LogP contribution in [0.25, 0.3) is 16.5 Å². The summed E-state index contributed by atoms with van der Waals surface area (Å²) in [5, 5.41) is 0.759. The SMILES string of the molecule is C=C(C(=O)c1cc(OC)c(OC)c(OC)c1)c1cn(C(=O)c2ccccc2C)c2ccccc12. The molecule has 4 aromatic rings. The van der Waals surface area contributed by atoms with Crippen LogP contribution in [0.2, 0.25) is 0 Å². The first-order chi connectivity index (χ1) is 16.4. The molecule has 0 saturated carbocycles. The lowest BCUT2D eigenvalue weighted by Crippen LogP contribution is -2.12. The lowest BCUT2D eigenvalue weighted by molar-refractivity contribution is 0.0963. The van der Waals surface area contributed by atoms with Gasteiger partial charge in [-0.05, 0) is 36.8 Å². The van der Waals surface area contributed by atoms with Gasteiger partial charge in [-0.15, -0.1) is 0 Å². The van der Waals surface area contributed by atoms with Gasteiger partial charge >= 0.3 is 0 Å². The summed E-state index contributed by atoms with van der Waals surface area (Å²) < 4.78 is 17.7. The molecule has 0 N–H and O–H groups in total. The van der Waals surface area contributed by atoms with Gasteiger partial charge in [0, 0.05) is 33.8 Å². The number of ketones is 1. The number of hydrogen-bond donors (Lipinski definition) is 0. The van der Waals surface area contributed by atoms with Crippen LogP contribution in [0.15, 0.2) is 73.4 Å². The summed E-state index contributed by atoms with van der Waals surface area (Å²) in [6.07, 6.45) is 1.68. The summed E-state index contributed by atoms with van der Waals surface area (Å²) in [6.45, 7) is 5.98. The maximum Gasteiger partial charge on any atom is 0.262 e. The van der Waals surface area contributed by atoms with Crippen molar-refractivity contribution in [3.63, 3.8) is 0 Å². The van der Waals surface area contributed by atoms with Crippen molar-refractivity contribution < 1.29 is 23.8 Å². The Morgan fingerprint density at radius 1 is 0.824 bits per heavy atom. The summed E-state index contributed by atoms with van der Waals surface area (Å²) in [4.78, 5) is 26.9. The molecular weight excluding hydrogens is 430 g/mol. The van der Waals surface area contributed by atoms with E-state index in [1.54, 1.807) is 29.0 Å². The highest BCUT2D eigenvalue weighted by molar-refractivity contribution is 6.31. The molecule has 0 aliphatic carbocycles. The van der Waals surface area contributed by atoms with Crippen LogP contribution in [0.3, 0.4) is 0 Å². The Hall–Kier alpha value is -4.32. The van der Waals surface area contributed by atoms with Crippen LogP contribution in [0, 0.1) is 6.92 Å². The molecule has 34 heavy (non-hydrogen) atoms. The number of aryl methyl sites for hydroxylation is 1. The number of para-hydroxylation sites is 1. The maximum absolute atomic E-state index is 13.5. The number of hydrogen-bond acceptors (Lipinski definition) is 5. The Morgan fingerprint density at radius 2 is 1.44 bits per heavy atom. The Balaban J connectivity index is 1.81. The molecule has 0 fully saturated rings. The number of fused-ring (bicyclic) bond motifs is 1. The first-order valence-electron chi connectivity index (χ1n) is 10.7. The molecule has 0 spiro atoms. The fourth-order valence-corrected chi connectivity index (χ4v) is 4.04. The fourth-order valence-electron chi connectivity index (χ4n) is 4.04. The van der Waals surface area contributed by atoms with Crippen molar-refractivity contribution in [3.8, 4) is 17.2 Å². The van der Waals surface area contributed by atoms with Crippen LogP contribution < -0.4 is 14.2 Å². The molecule has 1 aromatic heterocycles. The topological polar surface area (TPSA) is 66.8 Å². The second-order valence-corrected chi connectivity index (χ2v) is 7.77. The van der Waals surface area contributed by atoms with Gasteiger partial charge in [0.15, 0.2) is 17.3 Å². The van der Waals surface area contributed by atoms with Crippen LogP contribution in [0.4, 0.5) is 0 Å². The Kier molecular flexibility index (Phi) is 6.23. The average Bonchev–Trinajstić information content (AvgIpc) is 3.26. The molecule has 4 rings (SSSR count). The van der Waals surface area contributed by atoms with Crippen LogP contribution in [0.5, 0.6) is 17.2 Å². The number of allylic oxidation sites excluding steroid dienone is 1. The Morgan fingerprint density at radius 3 is 2.06 bits per heavy atom. The lowest BCUT2D eigenvalue weighted by atomic mass is 9.97. The van der Waals surface area contributed by atoms with Gasteiger partial charge in [-0.25, -0.2) is 0 Å². The minimum absolute atomic E-state index is 0.173. The minimum Gasteiger partial charge on any atom is -0.493 e. The van der Waals surface area contributed by atoms with Crippen LogP contribution >= 0.6 is 0 Å². The van der Waals surface area contributed by atoms with Gasteiger partial charge < -0.3 is 14.2 Å². The normalized spacial score (nSPS) is 10.7. The van der Waals surface area contributed by atoms with E-state index in [4.69, 9.17) is 14.2 Å². The molecule has 6 nitrogen and oxygen atoms in total. The van der Waals surface area contributed by atoms with E-state index in [-0.39, 0.29) is 17.3 Å². The summed E-state index contributed by atoms with van der Waals surface area (Å²) in [6, 6.07) is 18.0. The molecule has 0 atom stereocenters.